The molecule has 0 unspecified atom stereocenters. The van der Waals surface area contributed by atoms with Gasteiger partial charge in [-0.25, -0.2) is 14.2 Å². The Morgan fingerprint density at radius 2 is 2.00 bits per heavy atom. The molecule has 3 aromatic rings. The zero-order valence-electron chi connectivity index (χ0n) is 10.0. The number of aromatic nitrogens is 1. The molecule has 0 saturated heterocycles. The maximum Gasteiger partial charge on any atom is 0.339 e. The third-order valence-corrected chi connectivity index (χ3v) is 4.82. The van der Waals surface area contributed by atoms with Gasteiger partial charge in [-0.3, -0.25) is 0 Å². The number of para-hydroxylation sites is 1. The molecule has 1 heterocycles. The number of hydrogen-bond donors (Lipinski definition) is 1. The van der Waals surface area contributed by atoms with Crippen LogP contribution in [0.15, 0.2) is 51.7 Å². The van der Waals surface area contributed by atoms with Crippen LogP contribution in [-0.2, 0) is 0 Å². The number of carboxylic acids is 1. The number of carbonyl (C=O) groups is 1. The van der Waals surface area contributed by atoms with Crippen molar-refractivity contribution in [3.63, 3.8) is 0 Å². The van der Waals surface area contributed by atoms with E-state index in [4.69, 9.17) is 5.11 Å². The first-order chi connectivity index (χ1) is 9.65. The smallest absolute Gasteiger partial charge is 0.339 e. The summed E-state index contributed by atoms with van der Waals surface area (Å²) in [5.74, 6) is -2.00. The Hall–Kier alpha value is -1.92. The first kappa shape index (κ1) is 13.1. The van der Waals surface area contributed by atoms with E-state index in [1.165, 1.54) is 29.2 Å². The largest absolute Gasteiger partial charge is 0.478 e. The van der Waals surface area contributed by atoms with Crippen molar-refractivity contribution >= 4 is 39.3 Å². The maximum absolute atomic E-state index is 13.6. The van der Waals surface area contributed by atoms with Gasteiger partial charge in [-0.2, -0.15) is 0 Å². The van der Waals surface area contributed by atoms with Crippen LogP contribution < -0.4 is 0 Å². The van der Waals surface area contributed by atoms with Crippen molar-refractivity contribution in [2.24, 2.45) is 0 Å². The molecule has 3 rings (SSSR count). The number of halogens is 1. The molecule has 20 heavy (non-hydrogen) atoms. The van der Waals surface area contributed by atoms with Crippen molar-refractivity contribution in [3.05, 3.63) is 53.8 Å². The third kappa shape index (κ3) is 2.39. The average Bonchev–Trinajstić information content (AvgIpc) is 2.80. The monoisotopic (exact) mass is 305 g/mol. The lowest BCUT2D eigenvalue weighted by Crippen LogP contribution is -2.02. The minimum absolute atomic E-state index is 0.309. The van der Waals surface area contributed by atoms with Crippen molar-refractivity contribution in [2.75, 3.05) is 0 Å². The lowest BCUT2D eigenvalue weighted by atomic mass is 10.2. The standard InChI is InChI=1S/C14H8FNO2S2/c15-8-4-3-7-11(12(8)13(17)18)20-14-16-9-5-1-2-6-10(9)19-14/h1-7H,(H,17,18). The van der Waals surface area contributed by atoms with Gasteiger partial charge in [-0.1, -0.05) is 30.0 Å². The van der Waals surface area contributed by atoms with Crippen LogP contribution in [0.2, 0.25) is 0 Å². The lowest BCUT2D eigenvalue weighted by molar-refractivity contribution is 0.0688. The molecule has 0 bridgehead atoms. The molecule has 3 nitrogen and oxygen atoms in total. The Labute approximate surface area is 122 Å². The average molecular weight is 305 g/mol. The van der Waals surface area contributed by atoms with Crippen molar-refractivity contribution in [1.82, 2.24) is 4.98 Å². The molecule has 6 heteroatoms. The summed E-state index contributed by atoms with van der Waals surface area (Å²) in [5.41, 5.74) is 0.546. The molecule has 0 radical (unpaired) electrons. The summed E-state index contributed by atoms with van der Waals surface area (Å²) in [6.45, 7) is 0. The van der Waals surface area contributed by atoms with Crippen molar-refractivity contribution in [2.45, 2.75) is 9.24 Å². The number of thiazole rings is 1. The minimum atomic E-state index is -1.27. The zero-order valence-corrected chi connectivity index (χ0v) is 11.7. The van der Waals surface area contributed by atoms with E-state index >= 15 is 0 Å². The van der Waals surface area contributed by atoms with Crippen LogP contribution in [0.5, 0.6) is 0 Å². The van der Waals surface area contributed by atoms with Crippen molar-refractivity contribution < 1.29 is 14.3 Å². The number of aromatic carboxylic acids is 1. The molecule has 0 aliphatic rings. The molecule has 0 saturated carbocycles. The Morgan fingerprint density at radius 1 is 1.20 bits per heavy atom. The van der Waals surface area contributed by atoms with E-state index in [0.29, 0.717) is 9.24 Å². The Balaban J connectivity index is 2.02. The topological polar surface area (TPSA) is 50.2 Å². The van der Waals surface area contributed by atoms with Gasteiger partial charge in [0, 0.05) is 4.90 Å². The highest BCUT2D eigenvalue weighted by Crippen LogP contribution is 2.36. The SMILES string of the molecule is O=C(O)c1c(F)cccc1Sc1nc2ccccc2s1. The highest BCUT2D eigenvalue weighted by Gasteiger charge is 2.17. The maximum atomic E-state index is 13.6. The molecule has 2 aromatic carbocycles. The van der Waals surface area contributed by atoms with E-state index in [1.54, 1.807) is 6.07 Å². The van der Waals surface area contributed by atoms with Crippen LogP contribution in [0.25, 0.3) is 10.2 Å². The molecule has 0 amide bonds. The second-order valence-electron chi connectivity index (χ2n) is 3.97. The molecule has 0 spiro atoms. The number of benzene rings is 2. The van der Waals surface area contributed by atoms with Gasteiger partial charge in [-0.05, 0) is 24.3 Å². The normalized spacial score (nSPS) is 10.8. The van der Waals surface area contributed by atoms with E-state index in [2.05, 4.69) is 4.98 Å². The van der Waals surface area contributed by atoms with Gasteiger partial charge in [0.2, 0.25) is 0 Å². The number of fused-ring (bicyclic) bond motifs is 1. The fourth-order valence-electron chi connectivity index (χ4n) is 1.79. The van der Waals surface area contributed by atoms with E-state index in [-0.39, 0.29) is 5.56 Å². The fourth-order valence-corrected chi connectivity index (χ4v) is 3.95. The number of nitrogens with zero attached hydrogens (tertiary/aromatic N) is 1. The molecule has 1 aromatic heterocycles. The summed E-state index contributed by atoms with van der Waals surface area (Å²) in [4.78, 5) is 15.9. The summed E-state index contributed by atoms with van der Waals surface area (Å²) in [7, 11) is 0. The summed E-state index contributed by atoms with van der Waals surface area (Å²) in [5, 5.41) is 9.09. The Morgan fingerprint density at radius 3 is 2.75 bits per heavy atom. The summed E-state index contributed by atoms with van der Waals surface area (Å²) >= 11 is 2.62. The Bertz CT molecular complexity index is 768. The first-order valence-corrected chi connectivity index (χ1v) is 7.33. The number of hydrogen-bond acceptors (Lipinski definition) is 4. The van der Waals surface area contributed by atoms with Crippen LogP contribution in [0.4, 0.5) is 4.39 Å². The molecular formula is C14H8FNO2S2. The van der Waals surface area contributed by atoms with Crippen LogP contribution in [0, 0.1) is 5.82 Å². The quantitative estimate of drug-likeness (QED) is 0.784. The van der Waals surface area contributed by atoms with Crippen molar-refractivity contribution in [3.8, 4) is 0 Å². The van der Waals surface area contributed by atoms with E-state index < -0.39 is 11.8 Å². The second kappa shape index (κ2) is 5.22. The molecule has 0 fully saturated rings. The van der Waals surface area contributed by atoms with E-state index in [0.717, 1.165) is 16.3 Å². The molecule has 0 aliphatic carbocycles. The van der Waals surface area contributed by atoms with Gasteiger partial charge >= 0.3 is 5.97 Å². The van der Waals surface area contributed by atoms with Gasteiger partial charge in [-0.15, -0.1) is 11.3 Å². The molecule has 0 atom stereocenters. The minimum Gasteiger partial charge on any atom is -0.478 e. The van der Waals surface area contributed by atoms with E-state index in [9.17, 15) is 9.18 Å². The second-order valence-corrected chi connectivity index (χ2v) is 6.29. The highest BCUT2D eigenvalue weighted by molar-refractivity contribution is 8.01. The number of carboxylic acid groups (broad SMARTS) is 1. The van der Waals surface area contributed by atoms with Crippen molar-refractivity contribution in [1.29, 1.82) is 0 Å². The summed E-state index contributed by atoms with van der Waals surface area (Å²) in [6.07, 6.45) is 0. The Kier molecular flexibility index (Phi) is 3.42. The fraction of sp³-hybridized carbons (Fsp3) is 0. The lowest BCUT2D eigenvalue weighted by Gasteiger charge is -2.04. The van der Waals surface area contributed by atoms with Crippen LogP contribution in [0.3, 0.4) is 0 Å². The zero-order chi connectivity index (χ0) is 14.1. The summed E-state index contributed by atoms with van der Waals surface area (Å²) < 4.78 is 15.3. The predicted octanol–water partition coefficient (Wildman–Crippen LogP) is 4.28. The third-order valence-electron chi connectivity index (χ3n) is 2.66. The van der Waals surface area contributed by atoms with Crippen LogP contribution >= 0.6 is 23.1 Å². The van der Waals surface area contributed by atoms with Crippen LogP contribution in [0.1, 0.15) is 10.4 Å². The highest BCUT2D eigenvalue weighted by atomic mass is 32.2. The first-order valence-electron chi connectivity index (χ1n) is 5.70. The molecule has 1 N–H and O–H groups in total. The van der Waals surface area contributed by atoms with Gasteiger partial charge < -0.3 is 5.11 Å². The van der Waals surface area contributed by atoms with Gasteiger partial charge in [0.05, 0.1) is 10.2 Å². The molecule has 100 valence electrons. The van der Waals surface area contributed by atoms with E-state index in [1.807, 2.05) is 24.3 Å². The predicted molar refractivity (Wildman–Crippen MR) is 77.1 cm³/mol. The molecular weight excluding hydrogens is 297 g/mol. The van der Waals surface area contributed by atoms with Crippen LogP contribution in [-0.4, -0.2) is 16.1 Å². The molecule has 0 aliphatic heterocycles. The number of rotatable bonds is 3. The van der Waals surface area contributed by atoms with Gasteiger partial charge in [0.25, 0.3) is 0 Å². The van der Waals surface area contributed by atoms with Gasteiger partial charge in [0.15, 0.2) is 4.34 Å². The van der Waals surface area contributed by atoms with Gasteiger partial charge in [0.1, 0.15) is 11.4 Å². The summed E-state index contributed by atoms with van der Waals surface area (Å²) in [6, 6.07) is 11.9.